The highest BCUT2D eigenvalue weighted by Gasteiger charge is 2.52. The summed E-state index contributed by atoms with van der Waals surface area (Å²) in [6.45, 7) is 6.51. The minimum absolute atomic E-state index is 0.369. The Labute approximate surface area is 123 Å². The fraction of sp³-hybridized carbons (Fsp3) is 0.571. The van der Waals surface area contributed by atoms with Crippen molar-refractivity contribution in [3.63, 3.8) is 0 Å². The van der Waals surface area contributed by atoms with E-state index >= 15 is 0 Å². The van der Waals surface area contributed by atoms with Gasteiger partial charge in [-0.1, -0.05) is 18.2 Å². The summed E-state index contributed by atoms with van der Waals surface area (Å²) < 4.78 is 48.9. The number of alkyl halides is 3. The van der Waals surface area contributed by atoms with E-state index in [-0.39, 0.29) is 0 Å². The highest BCUT2D eigenvalue weighted by molar-refractivity contribution is 6.63. The van der Waals surface area contributed by atoms with E-state index in [1.165, 1.54) is 0 Å². The van der Waals surface area contributed by atoms with Gasteiger partial charge in [-0.3, -0.25) is 0 Å². The molecule has 1 fully saturated rings. The molecule has 2 rings (SSSR count). The fourth-order valence-corrected chi connectivity index (χ4v) is 2.03. The molecule has 0 atom stereocenters. The SMILES string of the molecule is CC1(C)OB(c2ccccc2NCC(F)(F)F)OC1(C)C. The van der Waals surface area contributed by atoms with Gasteiger partial charge in [-0.05, 0) is 33.8 Å². The second-order valence-corrected chi connectivity index (χ2v) is 6.14. The second-order valence-electron chi connectivity index (χ2n) is 6.14. The molecular formula is C14H19BF3NO2. The van der Waals surface area contributed by atoms with Gasteiger partial charge in [0.05, 0.1) is 11.2 Å². The van der Waals surface area contributed by atoms with Crippen molar-refractivity contribution in [3.05, 3.63) is 24.3 Å². The molecule has 21 heavy (non-hydrogen) atoms. The van der Waals surface area contributed by atoms with Crippen LogP contribution in [0.1, 0.15) is 27.7 Å². The monoisotopic (exact) mass is 301 g/mol. The van der Waals surface area contributed by atoms with Crippen molar-refractivity contribution in [1.82, 2.24) is 0 Å². The van der Waals surface area contributed by atoms with E-state index in [2.05, 4.69) is 5.32 Å². The highest BCUT2D eigenvalue weighted by Crippen LogP contribution is 2.37. The molecule has 0 aromatic heterocycles. The maximum Gasteiger partial charge on any atom is 0.496 e. The first-order valence-corrected chi connectivity index (χ1v) is 6.77. The minimum Gasteiger partial charge on any atom is -0.399 e. The summed E-state index contributed by atoms with van der Waals surface area (Å²) >= 11 is 0. The summed E-state index contributed by atoms with van der Waals surface area (Å²) in [5.41, 5.74) is -0.127. The Balaban J connectivity index is 2.22. The second kappa shape index (κ2) is 5.21. The molecular weight excluding hydrogens is 282 g/mol. The van der Waals surface area contributed by atoms with Crippen LogP contribution in [0.4, 0.5) is 18.9 Å². The summed E-state index contributed by atoms with van der Waals surface area (Å²) in [7, 11) is -0.688. The molecule has 0 saturated carbocycles. The van der Waals surface area contributed by atoms with Crippen LogP contribution in [0.2, 0.25) is 0 Å². The van der Waals surface area contributed by atoms with Crippen LogP contribution in [0.15, 0.2) is 24.3 Å². The van der Waals surface area contributed by atoms with Gasteiger partial charge in [0.15, 0.2) is 0 Å². The molecule has 1 aromatic rings. The summed E-state index contributed by atoms with van der Waals surface area (Å²) in [4.78, 5) is 0. The topological polar surface area (TPSA) is 30.5 Å². The van der Waals surface area contributed by atoms with Crippen molar-refractivity contribution in [2.75, 3.05) is 11.9 Å². The van der Waals surface area contributed by atoms with E-state index in [0.29, 0.717) is 11.2 Å². The molecule has 0 spiro atoms. The first-order valence-electron chi connectivity index (χ1n) is 6.77. The van der Waals surface area contributed by atoms with Gasteiger partial charge in [-0.2, -0.15) is 13.2 Å². The zero-order valence-corrected chi connectivity index (χ0v) is 12.5. The minimum atomic E-state index is -4.27. The van der Waals surface area contributed by atoms with Crippen LogP contribution < -0.4 is 10.8 Å². The average Bonchev–Trinajstić information content (AvgIpc) is 2.55. The van der Waals surface area contributed by atoms with Crippen LogP contribution in [-0.4, -0.2) is 31.0 Å². The summed E-state index contributed by atoms with van der Waals surface area (Å²) in [6.07, 6.45) is -4.27. The molecule has 116 valence electrons. The Morgan fingerprint density at radius 2 is 1.57 bits per heavy atom. The van der Waals surface area contributed by atoms with Crippen LogP contribution >= 0.6 is 0 Å². The Morgan fingerprint density at radius 1 is 1.05 bits per heavy atom. The molecule has 7 heteroatoms. The molecule has 0 unspecified atom stereocenters. The first-order chi connectivity index (χ1) is 9.52. The van der Waals surface area contributed by atoms with Gasteiger partial charge >= 0.3 is 13.3 Å². The summed E-state index contributed by atoms with van der Waals surface area (Å²) in [6, 6.07) is 6.72. The molecule has 1 aromatic carbocycles. The lowest BCUT2D eigenvalue weighted by Crippen LogP contribution is -2.41. The molecule has 1 N–H and O–H groups in total. The fourth-order valence-electron chi connectivity index (χ4n) is 2.03. The Kier molecular flexibility index (Phi) is 4.01. The molecule has 0 aliphatic carbocycles. The van der Waals surface area contributed by atoms with Gasteiger partial charge in [0.25, 0.3) is 0 Å². The molecule has 1 aliphatic rings. The van der Waals surface area contributed by atoms with Crippen LogP contribution in [0.3, 0.4) is 0 Å². The average molecular weight is 301 g/mol. The lowest BCUT2D eigenvalue weighted by molar-refractivity contribution is -0.115. The van der Waals surface area contributed by atoms with Crippen molar-refractivity contribution < 1.29 is 22.5 Å². The van der Waals surface area contributed by atoms with Gasteiger partial charge in [0.2, 0.25) is 0 Å². The van der Waals surface area contributed by atoms with Crippen LogP contribution in [-0.2, 0) is 9.31 Å². The smallest absolute Gasteiger partial charge is 0.399 e. The normalized spacial score (nSPS) is 20.6. The number of rotatable bonds is 3. The van der Waals surface area contributed by atoms with Crippen molar-refractivity contribution in [3.8, 4) is 0 Å². The van der Waals surface area contributed by atoms with Crippen LogP contribution in [0.25, 0.3) is 0 Å². The number of halogens is 3. The van der Waals surface area contributed by atoms with Gasteiger partial charge < -0.3 is 14.6 Å². The number of benzene rings is 1. The predicted molar refractivity (Wildman–Crippen MR) is 76.7 cm³/mol. The first kappa shape index (κ1) is 16.2. The molecule has 0 radical (unpaired) electrons. The maximum absolute atomic E-state index is 12.4. The van der Waals surface area contributed by atoms with Gasteiger partial charge in [-0.25, -0.2) is 0 Å². The maximum atomic E-state index is 12.4. The number of hydrogen-bond donors (Lipinski definition) is 1. The number of para-hydroxylation sites is 1. The van der Waals surface area contributed by atoms with E-state index < -0.39 is 31.0 Å². The van der Waals surface area contributed by atoms with E-state index in [9.17, 15) is 13.2 Å². The molecule has 1 heterocycles. The zero-order chi connectivity index (χ0) is 15.9. The van der Waals surface area contributed by atoms with Crippen LogP contribution in [0, 0.1) is 0 Å². The standard InChI is InChI=1S/C14H19BF3NO2/c1-12(2)13(3,4)21-15(20-12)10-7-5-6-8-11(10)19-9-14(16,17)18/h5-8,19H,9H2,1-4H3. The lowest BCUT2D eigenvalue weighted by Gasteiger charge is -2.32. The van der Waals surface area contributed by atoms with Gasteiger partial charge in [0.1, 0.15) is 6.54 Å². The van der Waals surface area contributed by atoms with E-state index in [1.54, 1.807) is 24.3 Å². The largest absolute Gasteiger partial charge is 0.496 e. The van der Waals surface area contributed by atoms with Crippen molar-refractivity contribution in [2.45, 2.75) is 45.1 Å². The third-order valence-electron chi connectivity index (χ3n) is 3.95. The molecule has 3 nitrogen and oxygen atoms in total. The molecule has 1 saturated heterocycles. The van der Waals surface area contributed by atoms with E-state index in [1.807, 2.05) is 27.7 Å². The quantitative estimate of drug-likeness (QED) is 0.871. The molecule has 1 aliphatic heterocycles. The Bertz CT molecular complexity index is 501. The van der Waals surface area contributed by atoms with Crippen molar-refractivity contribution in [2.24, 2.45) is 0 Å². The predicted octanol–water partition coefficient (Wildman–Crippen LogP) is 2.96. The van der Waals surface area contributed by atoms with Gasteiger partial charge in [0, 0.05) is 11.2 Å². The highest BCUT2D eigenvalue weighted by atomic mass is 19.4. The number of nitrogens with one attached hydrogen (secondary N) is 1. The molecule has 0 amide bonds. The number of anilines is 1. The summed E-state index contributed by atoms with van der Waals surface area (Å²) in [5, 5.41) is 2.40. The number of hydrogen-bond acceptors (Lipinski definition) is 3. The lowest BCUT2D eigenvalue weighted by atomic mass is 9.78. The summed E-state index contributed by atoms with van der Waals surface area (Å²) in [5.74, 6) is 0. The Hall–Kier alpha value is -1.21. The Morgan fingerprint density at radius 3 is 2.10 bits per heavy atom. The van der Waals surface area contributed by atoms with E-state index in [0.717, 1.165) is 0 Å². The zero-order valence-electron chi connectivity index (χ0n) is 12.5. The van der Waals surface area contributed by atoms with Gasteiger partial charge in [-0.15, -0.1) is 0 Å². The van der Waals surface area contributed by atoms with E-state index in [4.69, 9.17) is 9.31 Å². The van der Waals surface area contributed by atoms with Crippen molar-refractivity contribution in [1.29, 1.82) is 0 Å². The third kappa shape index (κ3) is 3.52. The van der Waals surface area contributed by atoms with Crippen molar-refractivity contribution >= 4 is 18.3 Å². The third-order valence-corrected chi connectivity index (χ3v) is 3.95. The molecule has 0 bridgehead atoms. The van der Waals surface area contributed by atoms with Crippen LogP contribution in [0.5, 0.6) is 0 Å².